The van der Waals surface area contributed by atoms with Gasteiger partial charge in [-0.25, -0.2) is 9.78 Å². The first kappa shape index (κ1) is 29.0. The minimum absolute atomic E-state index is 0.205. The van der Waals surface area contributed by atoms with Crippen molar-refractivity contribution in [3.63, 3.8) is 0 Å². The van der Waals surface area contributed by atoms with Crippen LogP contribution < -0.4 is 20.3 Å². The van der Waals surface area contributed by atoms with Gasteiger partial charge in [0.2, 0.25) is 0 Å². The summed E-state index contributed by atoms with van der Waals surface area (Å²) in [5.74, 6) is 1.56. The van der Waals surface area contributed by atoms with E-state index in [1.165, 1.54) is 7.11 Å². The standard InChI is InChI=1S/C31H35ClN4O4/c1-6-7-10-17-35(31(38)34-26-15-14-23(39-4)19-28(26)40-5)21(3)29-33-25-12-9-8-11-24(25)30(37)36(29)27-16-13-22(32)18-20(27)2/h8-9,11-16,18-19,21H,6-7,10,17H2,1-5H3,(H,34,38). The molecular weight excluding hydrogens is 528 g/mol. The van der Waals surface area contributed by atoms with Gasteiger partial charge in [-0.15, -0.1) is 0 Å². The van der Waals surface area contributed by atoms with Crippen LogP contribution in [0.2, 0.25) is 5.02 Å². The van der Waals surface area contributed by atoms with Crippen molar-refractivity contribution in [1.29, 1.82) is 0 Å². The maximum absolute atomic E-state index is 13.9. The van der Waals surface area contributed by atoms with Gasteiger partial charge in [-0.3, -0.25) is 9.36 Å². The number of rotatable bonds is 10. The third-order valence-electron chi connectivity index (χ3n) is 6.96. The number of hydrogen-bond donors (Lipinski definition) is 1. The molecule has 1 heterocycles. The smallest absolute Gasteiger partial charge is 0.322 e. The van der Waals surface area contributed by atoms with Crippen molar-refractivity contribution in [3.8, 4) is 17.2 Å². The Morgan fingerprint density at radius 2 is 1.85 bits per heavy atom. The lowest BCUT2D eigenvalue weighted by atomic mass is 10.1. The van der Waals surface area contributed by atoms with Crippen LogP contribution in [-0.4, -0.2) is 41.2 Å². The van der Waals surface area contributed by atoms with Crippen LogP contribution in [0.3, 0.4) is 0 Å². The summed E-state index contributed by atoms with van der Waals surface area (Å²) < 4.78 is 12.4. The number of nitrogens with zero attached hydrogens (tertiary/aromatic N) is 3. The average molecular weight is 563 g/mol. The van der Waals surface area contributed by atoms with Crippen LogP contribution in [0.25, 0.3) is 16.6 Å². The van der Waals surface area contributed by atoms with Gasteiger partial charge >= 0.3 is 6.03 Å². The molecule has 1 atom stereocenters. The normalized spacial score (nSPS) is 11.8. The molecule has 4 rings (SSSR count). The molecule has 1 N–H and O–H groups in total. The van der Waals surface area contributed by atoms with Gasteiger partial charge in [0.15, 0.2) is 0 Å². The van der Waals surface area contributed by atoms with Gasteiger partial charge in [0.1, 0.15) is 17.3 Å². The number of benzene rings is 3. The van der Waals surface area contributed by atoms with Crippen molar-refractivity contribution in [2.75, 3.05) is 26.1 Å². The number of anilines is 1. The molecule has 0 aliphatic carbocycles. The SMILES string of the molecule is CCCCCN(C(=O)Nc1ccc(OC)cc1OC)C(C)c1nc2ccccc2c(=O)n1-c1ccc(Cl)cc1C. The Hall–Kier alpha value is -4.04. The third-order valence-corrected chi connectivity index (χ3v) is 7.19. The van der Waals surface area contributed by atoms with Gasteiger partial charge in [0.25, 0.3) is 5.56 Å². The predicted octanol–water partition coefficient (Wildman–Crippen LogP) is 7.15. The molecule has 0 aliphatic rings. The first-order valence-corrected chi connectivity index (χ1v) is 13.7. The molecular formula is C31H35ClN4O4. The van der Waals surface area contributed by atoms with E-state index in [2.05, 4.69) is 12.2 Å². The number of carbonyl (C=O) groups is 1. The van der Waals surface area contributed by atoms with Crippen molar-refractivity contribution >= 4 is 34.2 Å². The zero-order chi connectivity index (χ0) is 28.8. The Balaban J connectivity index is 1.83. The number of aromatic nitrogens is 2. The molecule has 0 fully saturated rings. The van der Waals surface area contributed by atoms with Crippen molar-refractivity contribution in [1.82, 2.24) is 14.5 Å². The second-order valence-electron chi connectivity index (χ2n) is 9.63. The van der Waals surface area contributed by atoms with Crippen LogP contribution in [0.4, 0.5) is 10.5 Å². The van der Waals surface area contributed by atoms with Gasteiger partial charge in [0, 0.05) is 17.6 Å². The molecule has 0 saturated heterocycles. The number of urea groups is 1. The number of halogens is 1. The molecule has 0 saturated carbocycles. The highest BCUT2D eigenvalue weighted by Gasteiger charge is 2.28. The van der Waals surface area contributed by atoms with E-state index < -0.39 is 6.04 Å². The first-order valence-electron chi connectivity index (χ1n) is 13.4. The lowest BCUT2D eigenvalue weighted by Gasteiger charge is -2.31. The Bertz CT molecular complexity index is 1570. The van der Waals surface area contributed by atoms with Crippen molar-refractivity contribution in [3.05, 3.63) is 87.4 Å². The van der Waals surface area contributed by atoms with Crippen LogP contribution in [0.15, 0.2) is 65.5 Å². The first-order chi connectivity index (χ1) is 19.3. The number of nitrogens with one attached hydrogen (secondary N) is 1. The van der Waals surface area contributed by atoms with Crippen LogP contribution >= 0.6 is 11.6 Å². The van der Waals surface area contributed by atoms with Crippen molar-refractivity contribution in [2.45, 2.75) is 46.1 Å². The van der Waals surface area contributed by atoms with Crippen molar-refractivity contribution < 1.29 is 14.3 Å². The summed E-state index contributed by atoms with van der Waals surface area (Å²) in [6.07, 6.45) is 2.75. The van der Waals surface area contributed by atoms with Gasteiger partial charge in [0.05, 0.1) is 42.5 Å². The number of methoxy groups -OCH3 is 2. The quantitative estimate of drug-likeness (QED) is 0.207. The Morgan fingerprint density at radius 1 is 1.07 bits per heavy atom. The van der Waals surface area contributed by atoms with Gasteiger partial charge < -0.3 is 19.7 Å². The molecule has 0 aliphatic heterocycles. The lowest BCUT2D eigenvalue weighted by Crippen LogP contribution is -2.40. The summed E-state index contributed by atoms with van der Waals surface area (Å²) in [6.45, 7) is 6.39. The highest BCUT2D eigenvalue weighted by molar-refractivity contribution is 6.30. The third kappa shape index (κ3) is 6.07. The maximum atomic E-state index is 13.9. The Morgan fingerprint density at radius 3 is 2.55 bits per heavy atom. The number of aryl methyl sites for hydroxylation is 1. The fraction of sp³-hybridized carbons (Fsp3) is 0.323. The summed E-state index contributed by atoms with van der Waals surface area (Å²) in [6, 6.07) is 17.0. The molecule has 9 heteroatoms. The fourth-order valence-electron chi connectivity index (χ4n) is 4.76. The minimum atomic E-state index is -0.548. The average Bonchev–Trinajstić information content (AvgIpc) is 2.95. The Labute approximate surface area is 239 Å². The van der Waals surface area contributed by atoms with E-state index >= 15 is 0 Å². The van der Waals surface area contributed by atoms with E-state index in [0.29, 0.717) is 51.2 Å². The summed E-state index contributed by atoms with van der Waals surface area (Å²) in [4.78, 5) is 34.4. The highest BCUT2D eigenvalue weighted by Crippen LogP contribution is 2.31. The van der Waals surface area contributed by atoms with Gasteiger partial charge in [-0.2, -0.15) is 0 Å². The molecule has 40 heavy (non-hydrogen) atoms. The summed E-state index contributed by atoms with van der Waals surface area (Å²) in [7, 11) is 3.11. The summed E-state index contributed by atoms with van der Waals surface area (Å²) in [5, 5.41) is 4.07. The number of para-hydroxylation sites is 1. The van der Waals surface area contributed by atoms with Crippen LogP contribution in [0.5, 0.6) is 11.5 Å². The van der Waals surface area contributed by atoms with E-state index in [0.717, 1.165) is 24.8 Å². The second-order valence-corrected chi connectivity index (χ2v) is 10.1. The topological polar surface area (TPSA) is 85.7 Å². The molecule has 1 aromatic heterocycles. The number of unbranched alkanes of at least 4 members (excludes halogenated alkanes) is 2. The van der Waals surface area contributed by atoms with Crippen LogP contribution in [0, 0.1) is 6.92 Å². The number of carbonyl (C=O) groups excluding carboxylic acids is 1. The molecule has 0 spiro atoms. The van der Waals surface area contributed by atoms with Crippen LogP contribution in [-0.2, 0) is 0 Å². The van der Waals surface area contributed by atoms with E-state index in [-0.39, 0.29) is 11.6 Å². The lowest BCUT2D eigenvalue weighted by molar-refractivity contribution is 0.187. The molecule has 3 aromatic carbocycles. The number of fused-ring (bicyclic) bond motifs is 1. The molecule has 0 bridgehead atoms. The Kier molecular flexibility index (Phi) is 9.32. The molecule has 210 valence electrons. The molecule has 0 radical (unpaired) electrons. The monoisotopic (exact) mass is 562 g/mol. The second kappa shape index (κ2) is 12.9. The number of ether oxygens (including phenoxy) is 2. The van der Waals surface area contributed by atoms with Crippen molar-refractivity contribution in [2.24, 2.45) is 0 Å². The van der Waals surface area contributed by atoms with E-state index in [1.54, 1.807) is 46.9 Å². The maximum Gasteiger partial charge on any atom is 0.322 e. The van der Waals surface area contributed by atoms with E-state index in [4.69, 9.17) is 26.1 Å². The largest absolute Gasteiger partial charge is 0.497 e. The zero-order valence-corrected chi connectivity index (χ0v) is 24.3. The van der Waals surface area contributed by atoms with Gasteiger partial charge in [-0.1, -0.05) is 43.5 Å². The predicted molar refractivity (Wildman–Crippen MR) is 160 cm³/mol. The minimum Gasteiger partial charge on any atom is -0.497 e. The van der Waals surface area contributed by atoms with E-state index in [1.807, 2.05) is 44.2 Å². The zero-order valence-electron chi connectivity index (χ0n) is 23.5. The number of hydrogen-bond acceptors (Lipinski definition) is 5. The highest BCUT2D eigenvalue weighted by atomic mass is 35.5. The number of amides is 2. The molecule has 4 aromatic rings. The van der Waals surface area contributed by atoms with Gasteiger partial charge in [-0.05, 0) is 68.3 Å². The summed E-state index contributed by atoms with van der Waals surface area (Å²) >= 11 is 6.24. The molecule has 1 unspecified atom stereocenters. The fourth-order valence-corrected chi connectivity index (χ4v) is 4.99. The molecule has 2 amide bonds. The van der Waals surface area contributed by atoms with Crippen LogP contribution in [0.1, 0.15) is 50.5 Å². The van der Waals surface area contributed by atoms with E-state index in [9.17, 15) is 9.59 Å². The molecule has 8 nitrogen and oxygen atoms in total. The summed E-state index contributed by atoms with van der Waals surface area (Å²) in [5.41, 5.74) is 2.37.